The lowest BCUT2D eigenvalue weighted by molar-refractivity contribution is -0.383. The van der Waals surface area contributed by atoms with Crippen LogP contribution in [0.3, 0.4) is 0 Å². The van der Waals surface area contributed by atoms with Crippen molar-refractivity contribution in [3.63, 3.8) is 0 Å². The summed E-state index contributed by atoms with van der Waals surface area (Å²) >= 11 is 0. The Labute approximate surface area is 126 Å². The molecule has 2 aromatic rings. The number of hydrogen-bond donors (Lipinski definition) is 1. The zero-order valence-corrected chi connectivity index (χ0v) is 11.8. The van der Waals surface area contributed by atoms with Gasteiger partial charge in [-0.25, -0.2) is 4.79 Å². The Bertz CT molecular complexity index is 673. The van der Waals surface area contributed by atoms with Gasteiger partial charge in [-0.3, -0.25) is 15.4 Å². The van der Waals surface area contributed by atoms with Crippen molar-refractivity contribution in [3.05, 3.63) is 64.2 Å². The van der Waals surface area contributed by atoms with E-state index in [0.717, 1.165) is 5.56 Å². The monoisotopic (exact) mass is 302 g/mol. The normalized spacial score (nSPS) is 9.86. The average Bonchev–Trinajstić information content (AvgIpc) is 2.53. The van der Waals surface area contributed by atoms with Gasteiger partial charge in [-0.1, -0.05) is 30.3 Å². The summed E-state index contributed by atoms with van der Waals surface area (Å²) in [5, 5.41) is 13.3. The molecule has 0 unspecified atom stereocenters. The molecule has 0 aliphatic rings. The van der Waals surface area contributed by atoms with Crippen LogP contribution in [0.1, 0.15) is 5.56 Å². The van der Waals surface area contributed by atoms with Gasteiger partial charge in [0.1, 0.15) is 18.0 Å². The maximum Gasteiger partial charge on any atom is 0.412 e. The van der Waals surface area contributed by atoms with Gasteiger partial charge in [0, 0.05) is 12.1 Å². The summed E-state index contributed by atoms with van der Waals surface area (Å²) in [5.41, 5.74) is 0.595. The van der Waals surface area contributed by atoms with Crippen molar-refractivity contribution >= 4 is 17.5 Å². The Morgan fingerprint density at radius 2 is 1.95 bits per heavy atom. The number of carbonyl (C=O) groups is 1. The SMILES string of the molecule is COc1ccc([N+](=O)[O-])c(NC(=O)OCc2ccccc2)c1. The number of nitrogens with zero attached hydrogens (tertiary/aromatic N) is 1. The second kappa shape index (κ2) is 7.07. The zero-order chi connectivity index (χ0) is 15.9. The molecule has 0 aliphatic heterocycles. The number of ether oxygens (including phenoxy) is 2. The molecule has 0 bridgehead atoms. The lowest BCUT2D eigenvalue weighted by atomic mass is 10.2. The average molecular weight is 302 g/mol. The maximum absolute atomic E-state index is 11.8. The number of nitro groups is 1. The third-order valence-electron chi connectivity index (χ3n) is 2.85. The van der Waals surface area contributed by atoms with E-state index in [1.165, 1.54) is 25.3 Å². The molecule has 0 radical (unpaired) electrons. The fourth-order valence-corrected chi connectivity index (χ4v) is 1.77. The predicted octanol–water partition coefficient (Wildman–Crippen LogP) is 3.35. The van der Waals surface area contributed by atoms with Crippen LogP contribution in [0.5, 0.6) is 5.75 Å². The Morgan fingerprint density at radius 3 is 2.59 bits per heavy atom. The van der Waals surface area contributed by atoms with E-state index in [1.54, 1.807) is 12.1 Å². The molecule has 0 heterocycles. The van der Waals surface area contributed by atoms with Crippen LogP contribution >= 0.6 is 0 Å². The van der Waals surface area contributed by atoms with E-state index < -0.39 is 11.0 Å². The molecule has 7 heteroatoms. The summed E-state index contributed by atoms with van der Waals surface area (Å²) in [4.78, 5) is 22.1. The van der Waals surface area contributed by atoms with Gasteiger partial charge < -0.3 is 9.47 Å². The summed E-state index contributed by atoms with van der Waals surface area (Å²) in [6.45, 7) is 0.0738. The van der Waals surface area contributed by atoms with E-state index >= 15 is 0 Å². The number of anilines is 1. The number of rotatable bonds is 5. The van der Waals surface area contributed by atoms with Gasteiger partial charge in [-0.05, 0) is 11.6 Å². The molecule has 0 atom stereocenters. The summed E-state index contributed by atoms with van der Waals surface area (Å²) in [7, 11) is 1.43. The van der Waals surface area contributed by atoms with Crippen LogP contribution < -0.4 is 10.1 Å². The highest BCUT2D eigenvalue weighted by Gasteiger charge is 2.17. The number of nitro benzene ring substituents is 1. The third-order valence-corrected chi connectivity index (χ3v) is 2.85. The molecule has 0 aromatic heterocycles. The summed E-state index contributed by atoms with van der Waals surface area (Å²) in [6.07, 6.45) is -0.778. The fraction of sp³-hybridized carbons (Fsp3) is 0.133. The summed E-state index contributed by atoms with van der Waals surface area (Å²) in [6, 6.07) is 13.2. The van der Waals surface area contributed by atoms with E-state index in [0.29, 0.717) is 5.75 Å². The van der Waals surface area contributed by atoms with Gasteiger partial charge in [0.05, 0.1) is 12.0 Å². The highest BCUT2D eigenvalue weighted by atomic mass is 16.6. The second-order valence-corrected chi connectivity index (χ2v) is 4.33. The molecule has 22 heavy (non-hydrogen) atoms. The first-order valence-corrected chi connectivity index (χ1v) is 6.40. The minimum Gasteiger partial charge on any atom is -0.497 e. The van der Waals surface area contributed by atoms with Crippen LogP contribution in [0, 0.1) is 10.1 Å². The van der Waals surface area contributed by atoms with Crippen LogP contribution in [0.25, 0.3) is 0 Å². The van der Waals surface area contributed by atoms with Gasteiger partial charge in [-0.15, -0.1) is 0 Å². The van der Waals surface area contributed by atoms with Gasteiger partial charge in [0.25, 0.3) is 5.69 Å². The summed E-state index contributed by atoms with van der Waals surface area (Å²) < 4.78 is 10.0. The summed E-state index contributed by atoms with van der Waals surface area (Å²) in [5.74, 6) is 0.393. The van der Waals surface area contributed by atoms with Crippen molar-refractivity contribution < 1.29 is 19.2 Å². The first kappa shape index (κ1) is 15.3. The number of hydrogen-bond acceptors (Lipinski definition) is 5. The Kier molecular flexibility index (Phi) is 4.92. The Hall–Kier alpha value is -3.09. The van der Waals surface area contributed by atoms with Crippen LogP contribution in [0.15, 0.2) is 48.5 Å². The Balaban J connectivity index is 2.05. The highest BCUT2D eigenvalue weighted by Crippen LogP contribution is 2.28. The van der Waals surface area contributed by atoms with Gasteiger partial charge in [0.15, 0.2) is 0 Å². The lowest BCUT2D eigenvalue weighted by Gasteiger charge is -2.09. The van der Waals surface area contributed by atoms with Gasteiger partial charge >= 0.3 is 6.09 Å². The first-order chi connectivity index (χ1) is 10.6. The largest absolute Gasteiger partial charge is 0.497 e. The number of methoxy groups -OCH3 is 1. The van der Waals surface area contributed by atoms with Crippen LogP contribution in [0.4, 0.5) is 16.2 Å². The lowest BCUT2D eigenvalue weighted by Crippen LogP contribution is -2.14. The topological polar surface area (TPSA) is 90.7 Å². The molecule has 0 saturated heterocycles. The number of carbonyl (C=O) groups excluding carboxylic acids is 1. The molecule has 2 aromatic carbocycles. The maximum atomic E-state index is 11.8. The molecular weight excluding hydrogens is 288 g/mol. The third kappa shape index (κ3) is 3.95. The number of nitrogens with one attached hydrogen (secondary N) is 1. The van der Waals surface area contributed by atoms with E-state index in [9.17, 15) is 14.9 Å². The molecule has 7 nitrogen and oxygen atoms in total. The molecule has 114 valence electrons. The van der Waals surface area contributed by atoms with E-state index in [2.05, 4.69) is 5.32 Å². The first-order valence-electron chi connectivity index (χ1n) is 6.40. The van der Waals surface area contributed by atoms with E-state index in [4.69, 9.17) is 9.47 Å². The van der Waals surface area contributed by atoms with Crippen molar-refractivity contribution in [3.8, 4) is 5.75 Å². The molecule has 0 fully saturated rings. The highest BCUT2D eigenvalue weighted by molar-refractivity contribution is 5.88. The second-order valence-electron chi connectivity index (χ2n) is 4.33. The fourth-order valence-electron chi connectivity index (χ4n) is 1.77. The van der Waals surface area contributed by atoms with Crippen molar-refractivity contribution in [1.29, 1.82) is 0 Å². The van der Waals surface area contributed by atoms with Crippen LogP contribution in [0.2, 0.25) is 0 Å². The number of benzene rings is 2. The molecule has 0 spiro atoms. The smallest absolute Gasteiger partial charge is 0.412 e. The Morgan fingerprint density at radius 1 is 1.23 bits per heavy atom. The molecular formula is C15H14N2O5. The van der Waals surface area contributed by atoms with Crippen molar-refractivity contribution in [2.45, 2.75) is 6.61 Å². The minimum absolute atomic E-state index is 0.0161. The molecule has 1 N–H and O–H groups in total. The van der Waals surface area contributed by atoms with Crippen molar-refractivity contribution in [2.24, 2.45) is 0 Å². The minimum atomic E-state index is -0.778. The molecule has 0 saturated carbocycles. The standard InChI is InChI=1S/C15H14N2O5/c1-21-12-7-8-14(17(19)20)13(9-12)16-15(18)22-10-11-5-3-2-4-6-11/h2-9H,10H2,1H3,(H,16,18). The number of amides is 1. The van der Waals surface area contributed by atoms with Crippen LogP contribution in [-0.4, -0.2) is 18.1 Å². The predicted molar refractivity (Wildman–Crippen MR) is 79.9 cm³/mol. The van der Waals surface area contributed by atoms with Crippen molar-refractivity contribution in [2.75, 3.05) is 12.4 Å². The molecule has 1 amide bonds. The van der Waals surface area contributed by atoms with Crippen molar-refractivity contribution in [1.82, 2.24) is 0 Å². The van der Waals surface area contributed by atoms with E-state index in [-0.39, 0.29) is 18.0 Å². The van der Waals surface area contributed by atoms with Crippen LogP contribution in [-0.2, 0) is 11.3 Å². The quantitative estimate of drug-likeness (QED) is 0.675. The van der Waals surface area contributed by atoms with Gasteiger partial charge in [-0.2, -0.15) is 0 Å². The molecule has 2 rings (SSSR count). The van der Waals surface area contributed by atoms with E-state index in [1.807, 2.05) is 18.2 Å². The molecule has 0 aliphatic carbocycles. The zero-order valence-electron chi connectivity index (χ0n) is 11.8. The van der Waals surface area contributed by atoms with Gasteiger partial charge in [0.2, 0.25) is 0 Å².